The molecule has 2 fully saturated rings. The lowest BCUT2D eigenvalue weighted by atomic mass is 9.74. The number of hydrogen-bond acceptors (Lipinski definition) is 8. The zero-order valence-corrected chi connectivity index (χ0v) is 18.0. The summed E-state index contributed by atoms with van der Waals surface area (Å²) in [5.74, 6) is -3.94. The SMILES string of the molecule is C=C1C(=O)O[C@H]2[C@H]1[C@@H](O)[C@@H](OC(=O)CC(C)C)[C@@](C)(O)[C@@H]1[C@@H]2C(C)=C[C@H]1OC(C)=O. The standard InChI is InChI=1S/C22H30O8/c1-9(2)7-14(24)29-20-18(25)16-11(4)21(26)30-19(16)15-10(3)8-13(28-12(5)23)17(15)22(20,6)27/h8-9,13,15-20,25,27H,4,7H2,1-3,5-6H3/t13-,15+,16-,17+,18-,19-,20-,22+/m1/s1. The average molecular weight is 422 g/mol. The molecule has 0 bridgehead atoms. The highest BCUT2D eigenvalue weighted by molar-refractivity contribution is 5.91. The van der Waals surface area contributed by atoms with Gasteiger partial charge in [-0.1, -0.05) is 26.0 Å². The molecule has 2 aliphatic carbocycles. The summed E-state index contributed by atoms with van der Waals surface area (Å²) < 4.78 is 16.6. The summed E-state index contributed by atoms with van der Waals surface area (Å²) in [5.41, 5.74) is -0.953. The fourth-order valence-electron chi connectivity index (χ4n) is 5.16. The van der Waals surface area contributed by atoms with Gasteiger partial charge in [-0.3, -0.25) is 9.59 Å². The Kier molecular flexibility index (Phi) is 5.86. The maximum atomic E-state index is 12.5. The smallest absolute Gasteiger partial charge is 0.334 e. The van der Waals surface area contributed by atoms with Crippen LogP contribution >= 0.6 is 0 Å². The van der Waals surface area contributed by atoms with Gasteiger partial charge in [0.2, 0.25) is 0 Å². The fraction of sp³-hybridized carbons (Fsp3) is 0.682. The third-order valence-electron chi connectivity index (χ3n) is 6.37. The second-order valence-corrected chi connectivity index (χ2v) is 9.18. The van der Waals surface area contributed by atoms with E-state index in [1.54, 1.807) is 13.0 Å². The summed E-state index contributed by atoms with van der Waals surface area (Å²) in [6, 6.07) is 0. The Morgan fingerprint density at radius 3 is 2.50 bits per heavy atom. The lowest BCUT2D eigenvalue weighted by molar-refractivity contribution is -0.198. The molecule has 1 saturated heterocycles. The molecule has 3 aliphatic rings. The predicted molar refractivity (Wildman–Crippen MR) is 105 cm³/mol. The van der Waals surface area contributed by atoms with Crippen molar-refractivity contribution in [2.24, 2.45) is 23.7 Å². The summed E-state index contributed by atoms with van der Waals surface area (Å²) in [7, 11) is 0. The molecule has 0 amide bonds. The second-order valence-electron chi connectivity index (χ2n) is 9.18. The zero-order valence-electron chi connectivity index (χ0n) is 18.0. The van der Waals surface area contributed by atoms with Crippen LogP contribution < -0.4 is 0 Å². The first-order valence-corrected chi connectivity index (χ1v) is 10.2. The minimum Gasteiger partial charge on any atom is -0.458 e. The fourth-order valence-corrected chi connectivity index (χ4v) is 5.16. The summed E-state index contributed by atoms with van der Waals surface area (Å²) in [6.07, 6.45) is -2.62. The molecule has 0 spiro atoms. The van der Waals surface area contributed by atoms with Gasteiger partial charge in [-0.05, 0) is 25.8 Å². The zero-order chi connectivity index (χ0) is 22.5. The van der Waals surface area contributed by atoms with Crippen molar-refractivity contribution < 1.29 is 38.8 Å². The molecule has 30 heavy (non-hydrogen) atoms. The Labute approximate surface area is 175 Å². The van der Waals surface area contributed by atoms with Crippen LogP contribution in [0.25, 0.3) is 0 Å². The van der Waals surface area contributed by atoms with Crippen molar-refractivity contribution in [3.05, 3.63) is 23.8 Å². The average Bonchev–Trinajstić information content (AvgIpc) is 3.05. The second kappa shape index (κ2) is 7.81. The third kappa shape index (κ3) is 3.67. The highest BCUT2D eigenvalue weighted by Crippen LogP contribution is 2.53. The van der Waals surface area contributed by atoms with Gasteiger partial charge in [-0.2, -0.15) is 0 Å². The van der Waals surface area contributed by atoms with Gasteiger partial charge in [-0.15, -0.1) is 0 Å². The molecule has 8 heteroatoms. The third-order valence-corrected chi connectivity index (χ3v) is 6.37. The molecule has 0 radical (unpaired) electrons. The summed E-state index contributed by atoms with van der Waals surface area (Å²) in [5, 5.41) is 22.8. The Hall–Kier alpha value is -2.19. The van der Waals surface area contributed by atoms with E-state index in [0.29, 0.717) is 0 Å². The van der Waals surface area contributed by atoms with E-state index in [1.807, 2.05) is 13.8 Å². The molecule has 1 aliphatic heterocycles. The van der Waals surface area contributed by atoms with Crippen molar-refractivity contribution >= 4 is 17.9 Å². The van der Waals surface area contributed by atoms with Gasteiger partial charge >= 0.3 is 17.9 Å². The lowest BCUT2D eigenvalue weighted by Gasteiger charge is -2.41. The van der Waals surface area contributed by atoms with E-state index in [0.717, 1.165) is 5.57 Å². The van der Waals surface area contributed by atoms with Crippen LogP contribution in [-0.4, -0.2) is 58.1 Å². The van der Waals surface area contributed by atoms with Crippen LogP contribution in [0.5, 0.6) is 0 Å². The summed E-state index contributed by atoms with van der Waals surface area (Å²) in [4.78, 5) is 36.4. The first-order chi connectivity index (χ1) is 13.9. The molecule has 1 heterocycles. The number of esters is 3. The molecule has 0 aromatic carbocycles. The van der Waals surface area contributed by atoms with Crippen molar-refractivity contribution in [3.8, 4) is 0 Å². The minimum atomic E-state index is -1.78. The monoisotopic (exact) mass is 422 g/mol. The van der Waals surface area contributed by atoms with Crippen molar-refractivity contribution in [1.29, 1.82) is 0 Å². The van der Waals surface area contributed by atoms with E-state index in [1.165, 1.54) is 13.8 Å². The molecule has 166 valence electrons. The van der Waals surface area contributed by atoms with Gasteiger partial charge < -0.3 is 24.4 Å². The number of carbonyl (C=O) groups excluding carboxylic acids is 3. The van der Waals surface area contributed by atoms with Crippen LogP contribution in [0, 0.1) is 23.7 Å². The molecular formula is C22H30O8. The minimum absolute atomic E-state index is 0.0152. The molecule has 1 saturated carbocycles. The van der Waals surface area contributed by atoms with E-state index in [9.17, 15) is 24.6 Å². The van der Waals surface area contributed by atoms with E-state index in [-0.39, 0.29) is 17.9 Å². The first-order valence-electron chi connectivity index (χ1n) is 10.2. The topological polar surface area (TPSA) is 119 Å². The summed E-state index contributed by atoms with van der Waals surface area (Å²) >= 11 is 0. The normalized spacial score (nSPS) is 40.3. The van der Waals surface area contributed by atoms with E-state index >= 15 is 0 Å². The van der Waals surface area contributed by atoms with Gasteiger partial charge in [-0.25, -0.2) is 4.79 Å². The lowest BCUT2D eigenvalue weighted by Crippen LogP contribution is -2.57. The van der Waals surface area contributed by atoms with Crippen LogP contribution in [0.4, 0.5) is 0 Å². The van der Waals surface area contributed by atoms with Crippen LogP contribution in [0.2, 0.25) is 0 Å². The number of ether oxygens (including phenoxy) is 3. The predicted octanol–water partition coefficient (Wildman–Crippen LogP) is 1.29. The Morgan fingerprint density at radius 1 is 1.30 bits per heavy atom. The van der Waals surface area contributed by atoms with E-state index in [4.69, 9.17) is 14.2 Å². The Morgan fingerprint density at radius 2 is 1.93 bits per heavy atom. The summed E-state index contributed by atoms with van der Waals surface area (Å²) in [6.45, 7) is 12.0. The quantitative estimate of drug-likeness (QED) is 0.301. The van der Waals surface area contributed by atoms with Crippen molar-refractivity contribution in [2.45, 2.75) is 71.1 Å². The van der Waals surface area contributed by atoms with Crippen molar-refractivity contribution in [1.82, 2.24) is 0 Å². The first kappa shape index (κ1) is 22.5. The van der Waals surface area contributed by atoms with Crippen LogP contribution in [0.3, 0.4) is 0 Å². The van der Waals surface area contributed by atoms with E-state index < -0.39 is 65.7 Å². The number of aliphatic hydroxyl groups is 2. The number of rotatable bonds is 4. The largest absolute Gasteiger partial charge is 0.458 e. The molecular weight excluding hydrogens is 392 g/mol. The van der Waals surface area contributed by atoms with Gasteiger partial charge in [0.15, 0.2) is 6.10 Å². The number of hydrogen-bond donors (Lipinski definition) is 2. The Bertz CT molecular complexity index is 795. The molecule has 3 rings (SSSR count). The Balaban J connectivity index is 2.08. The van der Waals surface area contributed by atoms with Crippen LogP contribution in [-0.2, 0) is 28.6 Å². The molecule has 0 aromatic heterocycles. The van der Waals surface area contributed by atoms with Crippen molar-refractivity contribution in [3.63, 3.8) is 0 Å². The molecule has 8 atom stereocenters. The number of carbonyl (C=O) groups is 3. The van der Waals surface area contributed by atoms with Gasteiger partial charge in [0.25, 0.3) is 0 Å². The van der Waals surface area contributed by atoms with Gasteiger partial charge in [0, 0.05) is 30.8 Å². The van der Waals surface area contributed by atoms with Crippen LogP contribution in [0.15, 0.2) is 23.8 Å². The molecule has 2 N–H and O–H groups in total. The molecule has 0 aromatic rings. The highest BCUT2D eigenvalue weighted by atomic mass is 16.6. The number of aliphatic hydroxyl groups excluding tert-OH is 1. The molecule has 0 unspecified atom stereocenters. The number of fused-ring (bicyclic) bond motifs is 3. The maximum absolute atomic E-state index is 12.5. The van der Waals surface area contributed by atoms with Gasteiger partial charge in [0.1, 0.15) is 23.9 Å². The van der Waals surface area contributed by atoms with Crippen molar-refractivity contribution in [2.75, 3.05) is 0 Å². The molecule has 8 nitrogen and oxygen atoms in total. The maximum Gasteiger partial charge on any atom is 0.334 e. The highest BCUT2D eigenvalue weighted by Gasteiger charge is 2.65. The van der Waals surface area contributed by atoms with Crippen LogP contribution in [0.1, 0.15) is 41.0 Å². The van der Waals surface area contributed by atoms with Gasteiger partial charge in [0.05, 0.1) is 5.92 Å². The van der Waals surface area contributed by atoms with E-state index in [2.05, 4.69) is 6.58 Å².